The summed E-state index contributed by atoms with van der Waals surface area (Å²) in [7, 11) is 0. The first-order chi connectivity index (χ1) is 10.3. The first-order valence-electron chi connectivity index (χ1n) is 9.24. The molecule has 4 aliphatic carbocycles. The van der Waals surface area contributed by atoms with Gasteiger partial charge in [0, 0.05) is 6.42 Å². The molecule has 2 heteroatoms. The number of hydrogen-bond acceptors (Lipinski definition) is 2. The van der Waals surface area contributed by atoms with Crippen LogP contribution in [0.15, 0.2) is 11.6 Å². The minimum Gasteiger partial charge on any atom is -0.390 e. The molecular formula is C20H30O2. The summed E-state index contributed by atoms with van der Waals surface area (Å²) in [5.41, 5.74) is 1.32. The lowest BCUT2D eigenvalue weighted by Crippen LogP contribution is -2.53. The van der Waals surface area contributed by atoms with Crippen LogP contribution in [0.25, 0.3) is 0 Å². The fourth-order valence-corrected chi connectivity index (χ4v) is 6.80. The number of ketones is 1. The first kappa shape index (κ1) is 14.9. The van der Waals surface area contributed by atoms with Crippen LogP contribution < -0.4 is 0 Å². The van der Waals surface area contributed by atoms with Crippen molar-refractivity contribution >= 4 is 5.78 Å². The summed E-state index contributed by atoms with van der Waals surface area (Å²) in [6.45, 7) is 6.85. The van der Waals surface area contributed by atoms with Crippen LogP contribution in [0.2, 0.25) is 0 Å². The lowest BCUT2D eigenvalue weighted by atomic mass is 9.46. The van der Waals surface area contributed by atoms with Gasteiger partial charge in [0.2, 0.25) is 0 Å². The van der Waals surface area contributed by atoms with Gasteiger partial charge in [0.25, 0.3) is 0 Å². The van der Waals surface area contributed by atoms with Crippen LogP contribution in [0.1, 0.15) is 72.1 Å². The second-order valence-electron chi connectivity index (χ2n) is 9.24. The Kier molecular flexibility index (Phi) is 3.03. The zero-order valence-corrected chi connectivity index (χ0v) is 14.3. The van der Waals surface area contributed by atoms with E-state index in [2.05, 4.69) is 20.8 Å². The molecule has 0 spiro atoms. The number of fused-ring (bicyclic) bond motifs is 5. The molecule has 122 valence electrons. The summed E-state index contributed by atoms with van der Waals surface area (Å²) in [6.07, 6.45) is 10.7. The maximum atomic E-state index is 11.8. The molecule has 4 rings (SSSR count). The van der Waals surface area contributed by atoms with Crippen molar-refractivity contribution in [1.29, 1.82) is 0 Å². The van der Waals surface area contributed by atoms with Gasteiger partial charge in [-0.2, -0.15) is 0 Å². The van der Waals surface area contributed by atoms with E-state index in [4.69, 9.17) is 0 Å². The van der Waals surface area contributed by atoms with Gasteiger partial charge in [0.1, 0.15) is 0 Å². The highest BCUT2D eigenvalue weighted by Gasteiger charge is 2.62. The van der Waals surface area contributed by atoms with Crippen LogP contribution in [0, 0.1) is 28.6 Å². The molecule has 0 bridgehead atoms. The number of carbonyl (C=O) groups excluding carboxylic acids is 1. The first-order valence-corrected chi connectivity index (χ1v) is 9.24. The average molecular weight is 302 g/mol. The van der Waals surface area contributed by atoms with Gasteiger partial charge >= 0.3 is 0 Å². The van der Waals surface area contributed by atoms with Gasteiger partial charge in [-0.05, 0) is 86.5 Å². The van der Waals surface area contributed by atoms with Crippen LogP contribution in [0.4, 0.5) is 0 Å². The van der Waals surface area contributed by atoms with Crippen molar-refractivity contribution < 1.29 is 9.90 Å². The zero-order chi connectivity index (χ0) is 15.8. The van der Waals surface area contributed by atoms with E-state index in [1.54, 1.807) is 0 Å². The van der Waals surface area contributed by atoms with Gasteiger partial charge in [0.05, 0.1) is 5.60 Å². The van der Waals surface area contributed by atoms with Gasteiger partial charge in [0.15, 0.2) is 5.78 Å². The summed E-state index contributed by atoms with van der Waals surface area (Å²) in [6, 6.07) is 0. The molecule has 4 aliphatic rings. The maximum absolute atomic E-state index is 11.8. The second-order valence-corrected chi connectivity index (χ2v) is 9.24. The molecule has 0 radical (unpaired) electrons. The minimum absolute atomic E-state index is 0.107. The van der Waals surface area contributed by atoms with Crippen molar-refractivity contribution in [2.24, 2.45) is 28.6 Å². The number of hydrogen-bond donors (Lipinski definition) is 1. The molecule has 2 nitrogen and oxygen atoms in total. The van der Waals surface area contributed by atoms with Crippen LogP contribution in [0.3, 0.4) is 0 Å². The number of carbonyl (C=O) groups is 1. The molecule has 0 aromatic heterocycles. The fourth-order valence-electron chi connectivity index (χ4n) is 6.80. The van der Waals surface area contributed by atoms with Gasteiger partial charge in [-0.3, -0.25) is 4.79 Å². The highest BCUT2D eigenvalue weighted by atomic mass is 16.3. The van der Waals surface area contributed by atoms with Gasteiger partial charge in [-0.1, -0.05) is 19.4 Å². The Balaban J connectivity index is 1.70. The largest absolute Gasteiger partial charge is 0.390 e. The Bertz CT molecular complexity index is 546. The molecule has 0 aromatic rings. The summed E-state index contributed by atoms with van der Waals surface area (Å²) >= 11 is 0. The van der Waals surface area contributed by atoms with E-state index in [-0.39, 0.29) is 10.8 Å². The number of aliphatic hydroxyl groups is 1. The Hall–Kier alpha value is -0.630. The molecular weight excluding hydrogens is 272 g/mol. The smallest absolute Gasteiger partial charge is 0.155 e. The molecule has 1 N–H and O–H groups in total. The second kappa shape index (κ2) is 4.47. The number of allylic oxidation sites excluding steroid dienone is 1. The van der Waals surface area contributed by atoms with Crippen molar-refractivity contribution in [3.63, 3.8) is 0 Å². The maximum Gasteiger partial charge on any atom is 0.155 e. The van der Waals surface area contributed by atoms with Crippen molar-refractivity contribution in [3.05, 3.63) is 11.6 Å². The highest BCUT2D eigenvalue weighted by Crippen LogP contribution is 2.67. The Labute approximate surface area is 134 Å². The van der Waals surface area contributed by atoms with Crippen molar-refractivity contribution in [3.8, 4) is 0 Å². The molecule has 22 heavy (non-hydrogen) atoms. The average Bonchev–Trinajstić information content (AvgIpc) is 2.70. The molecule has 0 unspecified atom stereocenters. The summed E-state index contributed by atoms with van der Waals surface area (Å²) in [5, 5.41) is 10.9. The lowest BCUT2D eigenvalue weighted by molar-refractivity contribution is -0.124. The third-order valence-electron chi connectivity index (χ3n) is 8.52. The van der Waals surface area contributed by atoms with Crippen LogP contribution >= 0.6 is 0 Å². The zero-order valence-electron chi connectivity index (χ0n) is 14.3. The summed E-state index contributed by atoms with van der Waals surface area (Å²) in [4.78, 5) is 11.8. The Morgan fingerprint density at radius 2 is 1.73 bits per heavy atom. The summed E-state index contributed by atoms with van der Waals surface area (Å²) < 4.78 is 0. The van der Waals surface area contributed by atoms with Gasteiger partial charge in [-0.25, -0.2) is 0 Å². The summed E-state index contributed by atoms with van der Waals surface area (Å²) in [5.74, 6) is 2.50. The van der Waals surface area contributed by atoms with Crippen LogP contribution in [-0.2, 0) is 4.79 Å². The van der Waals surface area contributed by atoms with Gasteiger partial charge in [-0.15, -0.1) is 0 Å². The fraction of sp³-hybridized carbons (Fsp3) is 0.850. The van der Waals surface area contributed by atoms with Crippen LogP contribution in [0.5, 0.6) is 0 Å². The molecule has 3 saturated carbocycles. The monoisotopic (exact) mass is 302 g/mol. The minimum atomic E-state index is -0.484. The molecule has 0 saturated heterocycles. The third kappa shape index (κ3) is 1.74. The SMILES string of the molecule is C[C@]12CCC(=O)C=C1CC[C@@H]1[C@H]2CC[C@@]2(C)[C@@H]1CC[C@]2(C)O. The lowest BCUT2D eigenvalue weighted by Gasteiger charge is -2.58. The van der Waals surface area contributed by atoms with Crippen molar-refractivity contribution in [2.75, 3.05) is 0 Å². The van der Waals surface area contributed by atoms with E-state index < -0.39 is 5.60 Å². The molecule has 6 atom stereocenters. The Morgan fingerprint density at radius 3 is 2.50 bits per heavy atom. The van der Waals surface area contributed by atoms with E-state index >= 15 is 0 Å². The van der Waals surface area contributed by atoms with E-state index in [1.807, 2.05) is 6.08 Å². The van der Waals surface area contributed by atoms with E-state index in [0.717, 1.165) is 43.9 Å². The van der Waals surface area contributed by atoms with E-state index in [0.29, 0.717) is 11.7 Å². The predicted molar refractivity (Wildman–Crippen MR) is 87.3 cm³/mol. The quantitative estimate of drug-likeness (QED) is 0.725. The van der Waals surface area contributed by atoms with Crippen molar-refractivity contribution in [2.45, 2.75) is 77.7 Å². The van der Waals surface area contributed by atoms with E-state index in [9.17, 15) is 9.90 Å². The molecule has 0 amide bonds. The highest BCUT2D eigenvalue weighted by molar-refractivity contribution is 5.91. The van der Waals surface area contributed by atoms with E-state index in [1.165, 1.54) is 24.8 Å². The van der Waals surface area contributed by atoms with Crippen LogP contribution in [-0.4, -0.2) is 16.5 Å². The molecule has 3 fully saturated rings. The standard InChI is InChI=1S/C20H30O2/c1-18-9-6-14(21)12-13(18)4-5-15-16(18)7-10-19(2)17(15)8-11-20(19,3)22/h12,15-17,22H,4-11H2,1-3H3/t15-,16-,17-,18+,19+,20+/m1/s1. The molecule has 0 aromatic carbocycles. The van der Waals surface area contributed by atoms with Crippen molar-refractivity contribution in [1.82, 2.24) is 0 Å². The molecule has 0 aliphatic heterocycles. The molecule has 0 heterocycles. The number of rotatable bonds is 0. The third-order valence-corrected chi connectivity index (χ3v) is 8.52. The Morgan fingerprint density at radius 1 is 1.00 bits per heavy atom. The normalized spacial score (nSPS) is 54.3. The topological polar surface area (TPSA) is 37.3 Å². The predicted octanol–water partition coefficient (Wildman–Crippen LogP) is 4.27. The van der Waals surface area contributed by atoms with Gasteiger partial charge < -0.3 is 5.11 Å².